The number of pyridine rings is 1. The van der Waals surface area contributed by atoms with Crippen LogP contribution in [0.2, 0.25) is 0 Å². The largest absolute Gasteiger partial charge is 0.618 e. The molecule has 0 unspecified atom stereocenters. The third kappa shape index (κ3) is 2.74. The molecule has 0 fully saturated rings. The van der Waals surface area contributed by atoms with Crippen LogP contribution in [0.4, 0.5) is 5.69 Å². The highest BCUT2D eigenvalue weighted by molar-refractivity contribution is 5.93. The van der Waals surface area contributed by atoms with E-state index in [0.29, 0.717) is 16.2 Å². The van der Waals surface area contributed by atoms with Gasteiger partial charge in [-0.25, -0.2) is 0 Å². The van der Waals surface area contributed by atoms with Gasteiger partial charge in [-0.15, -0.1) is 0 Å². The molecule has 19 heavy (non-hydrogen) atoms. The average molecular weight is 259 g/mol. The van der Waals surface area contributed by atoms with Crippen LogP contribution in [-0.4, -0.2) is 13.0 Å². The first-order chi connectivity index (χ1) is 9.11. The maximum Gasteiger partial charge on any atom is 0.324 e. The normalized spacial score (nSPS) is 9.95. The summed E-state index contributed by atoms with van der Waals surface area (Å²) >= 11 is 0. The second kappa shape index (κ2) is 5.26. The molecule has 98 valence electrons. The summed E-state index contributed by atoms with van der Waals surface area (Å²) in [6.45, 7) is 0. The lowest BCUT2D eigenvalue weighted by molar-refractivity contribution is -0.608. The molecule has 0 bridgehead atoms. The number of nitrogen functional groups attached to an aromatic ring is 1. The highest BCUT2D eigenvalue weighted by Crippen LogP contribution is 2.23. The predicted octanol–water partition coefficient (Wildman–Crippen LogP) is 1.05. The Morgan fingerprint density at radius 3 is 2.63 bits per heavy atom. The molecule has 1 heterocycles. The fourth-order valence-corrected chi connectivity index (χ4v) is 1.55. The molecule has 0 saturated carbocycles. The first kappa shape index (κ1) is 12.7. The van der Waals surface area contributed by atoms with Crippen LogP contribution in [0.25, 0.3) is 0 Å². The second-order valence-electron chi connectivity index (χ2n) is 3.80. The van der Waals surface area contributed by atoms with E-state index < -0.39 is 5.91 Å². The number of carbonyl (C=O) groups is 1. The van der Waals surface area contributed by atoms with Crippen LogP contribution in [0.5, 0.6) is 11.5 Å². The van der Waals surface area contributed by atoms with Crippen molar-refractivity contribution in [3.63, 3.8) is 0 Å². The number of aromatic nitrogens is 1. The minimum absolute atomic E-state index is 0.0955. The lowest BCUT2D eigenvalue weighted by Gasteiger charge is -2.09. The zero-order valence-corrected chi connectivity index (χ0v) is 10.3. The SMILES string of the molecule is CNC(=O)c1c(Oc2ccc(N)cc2)ccc[n+]1[O-]. The zero-order valence-electron chi connectivity index (χ0n) is 10.3. The van der Waals surface area contributed by atoms with Gasteiger partial charge in [0.15, 0.2) is 6.20 Å². The highest BCUT2D eigenvalue weighted by atomic mass is 16.5. The third-order valence-electron chi connectivity index (χ3n) is 2.47. The average Bonchev–Trinajstić information content (AvgIpc) is 2.41. The van der Waals surface area contributed by atoms with Gasteiger partial charge in [-0.1, -0.05) is 0 Å². The second-order valence-corrected chi connectivity index (χ2v) is 3.80. The summed E-state index contributed by atoms with van der Waals surface area (Å²) in [4.78, 5) is 11.7. The van der Waals surface area contributed by atoms with Gasteiger partial charge < -0.3 is 21.0 Å². The Balaban J connectivity index is 2.37. The fourth-order valence-electron chi connectivity index (χ4n) is 1.55. The lowest BCUT2D eigenvalue weighted by atomic mass is 10.3. The number of nitrogens with zero attached hydrogens (tertiary/aromatic N) is 1. The van der Waals surface area contributed by atoms with Crippen molar-refractivity contribution in [1.82, 2.24) is 5.32 Å². The molecule has 1 aromatic carbocycles. The molecule has 3 N–H and O–H groups in total. The summed E-state index contributed by atoms with van der Waals surface area (Å²) in [5.74, 6) is 0.160. The van der Waals surface area contributed by atoms with Crippen molar-refractivity contribution in [2.24, 2.45) is 0 Å². The van der Waals surface area contributed by atoms with Gasteiger partial charge in [-0.3, -0.25) is 4.79 Å². The topological polar surface area (TPSA) is 91.3 Å². The Morgan fingerprint density at radius 1 is 1.32 bits per heavy atom. The Bertz CT molecular complexity index is 597. The molecule has 0 atom stereocenters. The van der Waals surface area contributed by atoms with Crippen molar-refractivity contribution in [1.29, 1.82) is 0 Å². The van der Waals surface area contributed by atoms with Crippen molar-refractivity contribution in [3.05, 3.63) is 53.5 Å². The van der Waals surface area contributed by atoms with Gasteiger partial charge in [0, 0.05) is 18.8 Å². The number of rotatable bonds is 3. The van der Waals surface area contributed by atoms with E-state index in [2.05, 4.69) is 5.32 Å². The first-order valence-corrected chi connectivity index (χ1v) is 5.59. The fraction of sp³-hybridized carbons (Fsp3) is 0.0769. The molecule has 0 radical (unpaired) electrons. The number of nitrogens with one attached hydrogen (secondary N) is 1. The van der Waals surface area contributed by atoms with Crippen LogP contribution < -0.4 is 20.5 Å². The van der Waals surface area contributed by atoms with Gasteiger partial charge in [0.05, 0.1) is 0 Å². The molecule has 6 heteroatoms. The minimum atomic E-state index is -0.513. The molecule has 0 spiro atoms. The summed E-state index contributed by atoms with van der Waals surface area (Å²) in [6, 6.07) is 9.71. The minimum Gasteiger partial charge on any atom is -0.618 e. The van der Waals surface area contributed by atoms with Crippen molar-refractivity contribution >= 4 is 11.6 Å². The Labute approximate surface area is 110 Å². The summed E-state index contributed by atoms with van der Waals surface area (Å²) in [5.41, 5.74) is 6.08. The van der Waals surface area contributed by atoms with Crippen LogP contribution in [0.3, 0.4) is 0 Å². The zero-order chi connectivity index (χ0) is 13.8. The van der Waals surface area contributed by atoms with E-state index in [-0.39, 0.29) is 11.4 Å². The molecule has 2 rings (SSSR count). The van der Waals surface area contributed by atoms with Gasteiger partial charge in [0.2, 0.25) is 5.75 Å². The summed E-state index contributed by atoms with van der Waals surface area (Å²) in [5, 5.41) is 14.0. The Morgan fingerprint density at radius 2 is 2.00 bits per heavy atom. The van der Waals surface area contributed by atoms with Gasteiger partial charge in [0.1, 0.15) is 5.75 Å². The number of hydrogen-bond donors (Lipinski definition) is 2. The molecule has 6 nitrogen and oxygen atoms in total. The van der Waals surface area contributed by atoms with Gasteiger partial charge >= 0.3 is 11.6 Å². The Kier molecular flexibility index (Phi) is 3.51. The van der Waals surface area contributed by atoms with Crippen LogP contribution in [0, 0.1) is 5.21 Å². The summed E-state index contributed by atoms with van der Waals surface area (Å²) in [6.07, 6.45) is 1.24. The molecular weight excluding hydrogens is 246 g/mol. The van der Waals surface area contributed by atoms with Crippen LogP contribution in [-0.2, 0) is 0 Å². The number of anilines is 1. The van der Waals surface area contributed by atoms with E-state index in [0.717, 1.165) is 0 Å². The molecule has 0 saturated heterocycles. The molecule has 2 aromatic rings. The van der Waals surface area contributed by atoms with Gasteiger partial charge in [0.25, 0.3) is 0 Å². The first-order valence-electron chi connectivity index (χ1n) is 5.59. The quantitative estimate of drug-likeness (QED) is 0.489. The summed E-state index contributed by atoms with van der Waals surface area (Å²) < 4.78 is 5.99. The molecule has 1 amide bonds. The number of nitrogens with two attached hydrogens (primary N) is 1. The van der Waals surface area contributed by atoms with Crippen molar-refractivity contribution in [2.75, 3.05) is 12.8 Å². The third-order valence-corrected chi connectivity index (χ3v) is 2.47. The van der Waals surface area contributed by atoms with E-state index in [1.54, 1.807) is 30.3 Å². The number of amides is 1. The number of carbonyl (C=O) groups excluding carboxylic acids is 1. The highest BCUT2D eigenvalue weighted by Gasteiger charge is 2.22. The van der Waals surface area contributed by atoms with E-state index >= 15 is 0 Å². The van der Waals surface area contributed by atoms with Gasteiger partial charge in [-0.05, 0) is 30.3 Å². The van der Waals surface area contributed by atoms with Crippen LogP contribution >= 0.6 is 0 Å². The van der Waals surface area contributed by atoms with Crippen LogP contribution in [0.1, 0.15) is 10.5 Å². The maximum atomic E-state index is 11.7. The number of ether oxygens (including phenoxy) is 1. The molecule has 1 aromatic heterocycles. The number of benzene rings is 1. The Hall–Kier alpha value is -2.76. The lowest BCUT2D eigenvalue weighted by Crippen LogP contribution is -2.38. The predicted molar refractivity (Wildman–Crippen MR) is 69.7 cm³/mol. The maximum absolute atomic E-state index is 11.7. The van der Waals surface area contributed by atoms with E-state index in [4.69, 9.17) is 10.5 Å². The smallest absolute Gasteiger partial charge is 0.324 e. The van der Waals surface area contributed by atoms with Crippen molar-refractivity contribution in [3.8, 4) is 11.5 Å². The summed E-state index contributed by atoms with van der Waals surface area (Å²) in [7, 11) is 1.45. The van der Waals surface area contributed by atoms with Gasteiger partial charge in [-0.2, -0.15) is 4.73 Å². The molecule has 0 aliphatic rings. The molecule has 0 aliphatic carbocycles. The number of hydrogen-bond acceptors (Lipinski definition) is 4. The molecular formula is C13H13N3O3. The van der Waals surface area contributed by atoms with E-state index in [1.165, 1.54) is 19.3 Å². The van der Waals surface area contributed by atoms with Crippen molar-refractivity contribution < 1.29 is 14.3 Å². The molecule has 0 aliphatic heterocycles. The van der Waals surface area contributed by atoms with Crippen LogP contribution in [0.15, 0.2) is 42.6 Å². The van der Waals surface area contributed by atoms with E-state index in [1.807, 2.05) is 0 Å². The van der Waals surface area contributed by atoms with Crippen molar-refractivity contribution in [2.45, 2.75) is 0 Å². The van der Waals surface area contributed by atoms with E-state index in [9.17, 15) is 10.0 Å². The standard InChI is InChI=1S/C13H13N3O3/c1-15-13(17)12-11(3-2-8-16(12)18)19-10-6-4-9(14)5-7-10/h2-8H,14H2,1H3,(H,15,17). The monoisotopic (exact) mass is 259 g/mol.